The average molecular weight is 280 g/mol. The van der Waals surface area contributed by atoms with Gasteiger partial charge in [0.1, 0.15) is 0 Å². The first-order valence-corrected chi connectivity index (χ1v) is 8.22. The molecule has 8 atom stereocenters. The van der Waals surface area contributed by atoms with E-state index in [1.807, 2.05) is 6.07 Å². The molecule has 8 unspecified atom stereocenters. The molecule has 21 heavy (non-hydrogen) atoms. The normalized spacial score (nSPS) is 48.8. The minimum absolute atomic E-state index is 0.161. The lowest BCUT2D eigenvalue weighted by molar-refractivity contribution is -0.145. The molecule has 0 saturated heterocycles. The highest BCUT2D eigenvalue weighted by atomic mass is 16.4. The summed E-state index contributed by atoms with van der Waals surface area (Å²) in [5.74, 6) is 3.32. The van der Waals surface area contributed by atoms with Crippen molar-refractivity contribution in [3.05, 3.63) is 48.0 Å². The van der Waals surface area contributed by atoms with Gasteiger partial charge in [-0.2, -0.15) is 0 Å². The molecule has 0 aliphatic heterocycles. The Morgan fingerprint density at radius 1 is 0.952 bits per heavy atom. The predicted molar refractivity (Wildman–Crippen MR) is 79.6 cm³/mol. The molecule has 0 heterocycles. The fourth-order valence-corrected chi connectivity index (χ4v) is 6.50. The number of benzene rings is 1. The van der Waals surface area contributed by atoms with Crippen molar-refractivity contribution in [2.75, 3.05) is 0 Å². The number of fused-ring (bicyclic) bond motifs is 9. The van der Waals surface area contributed by atoms with Gasteiger partial charge in [0.15, 0.2) is 0 Å². The van der Waals surface area contributed by atoms with E-state index < -0.39 is 5.97 Å². The van der Waals surface area contributed by atoms with Crippen LogP contribution in [0.25, 0.3) is 0 Å². The lowest BCUT2D eigenvalue weighted by atomic mass is 9.63. The molecular formula is C19H20O2. The fourth-order valence-electron chi connectivity index (χ4n) is 6.50. The van der Waals surface area contributed by atoms with E-state index in [9.17, 15) is 9.90 Å². The van der Waals surface area contributed by atoms with Crippen molar-refractivity contribution in [2.24, 2.45) is 41.4 Å². The van der Waals surface area contributed by atoms with E-state index in [2.05, 4.69) is 36.4 Å². The monoisotopic (exact) mass is 280 g/mol. The molecule has 4 aliphatic carbocycles. The fraction of sp³-hybridized carbons (Fsp3) is 0.526. The predicted octanol–water partition coefficient (Wildman–Crippen LogP) is 3.56. The summed E-state index contributed by atoms with van der Waals surface area (Å²) in [5, 5.41) is 9.84. The summed E-state index contributed by atoms with van der Waals surface area (Å²) in [5.41, 5.74) is 1.25. The largest absolute Gasteiger partial charge is 0.481 e. The van der Waals surface area contributed by atoms with Crippen molar-refractivity contribution in [3.8, 4) is 0 Å². The standard InChI is InChI=1S/C19H20O2/c20-19(21)18-14-9-13(15(18)10-4-2-1-3-5-10)16-11-6-7-12(8-11)17(14)16/h1-7,11-18H,8-9H2,(H,20,21). The average Bonchev–Trinajstić information content (AvgIpc) is 3.24. The Hall–Kier alpha value is -1.57. The highest BCUT2D eigenvalue weighted by Gasteiger charge is 2.66. The number of hydrogen-bond donors (Lipinski definition) is 1. The molecule has 0 aromatic heterocycles. The quantitative estimate of drug-likeness (QED) is 0.664. The van der Waals surface area contributed by atoms with Crippen molar-refractivity contribution in [1.29, 1.82) is 0 Å². The van der Waals surface area contributed by atoms with E-state index >= 15 is 0 Å². The van der Waals surface area contributed by atoms with Crippen LogP contribution in [0.4, 0.5) is 0 Å². The number of aliphatic carboxylic acids is 1. The van der Waals surface area contributed by atoms with Gasteiger partial charge in [-0.25, -0.2) is 0 Å². The van der Waals surface area contributed by atoms with Crippen LogP contribution in [-0.4, -0.2) is 11.1 Å². The van der Waals surface area contributed by atoms with Crippen molar-refractivity contribution >= 4 is 5.97 Å². The summed E-state index contributed by atoms with van der Waals surface area (Å²) in [6, 6.07) is 10.4. The van der Waals surface area contributed by atoms with Crippen molar-refractivity contribution < 1.29 is 9.90 Å². The summed E-state index contributed by atoms with van der Waals surface area (Å²) in [6.07, 6.45) is 7.23. The van der Waals surface area contributed by atoms with Gasteiger partial charge >= 0.3 is 5.97 Å². The molecule has 0 radical (unpaired) electrons. The third-order valence-electron chi connectivity index (χ3n) is 6.90. The third-order valence-corrected chi connectivity index (χ3v) is 6.90. The molecule has 2 heteroatoms. The van der Waals surface area contributed by atoms with E-state index in [1.165, 1.54) is 12.0 Å². The van der Waals surface area contributed by atoms with Gasteiger partial charge in [-0.05, 0) is 53.9 Å². The smallest absolute Gasteiger partial charge is 0.307 e. The first-order valence-electron chi connectivity index (χ1n) is 8.22. The molecule has 3 saturated carbocycles. The van der Waals surface area contributed by atoms with Gasteiger partial charge in [-0.1, -0.05) is 42.5 Å². The second kappa shape index (κ2) is 4.00. The maximum absolute atomic E-state index is 12.0. The van der Waals surface area contributed by atoms with Crippen LogP contribution in [0, 0.1) is 41.4 Å². The molecular weight excluding hydrogens is 260 g/mol. The third kappa shape index (κ3) is 1.41. The Kier molecular flexibility index (Phi) is 2.29. The van der Waals surface area contributed by atoms with Crippen LogP contribution in [0.2, 0.25) is 0 Å². The van der Waals surface area contributed by atoms with Gasteiger partial charge in [0.05, 0.1) is 5.92 Å². The summed E-state index contributed by atoms with van der Waals surface area (Å²) in [6.45, 7) is 0. The van der Waals surface area contributed by atoms with Crippen LogP contribution in [0.3, 0.4) is 0 Å². The topological polar surface area (TPSA) is 37.3 Å². The second-order valence-electron chi connectivity index (χ2n) is 7.47. The number of hydrogen-bond acceptors (Lipinski definition) is 1. The number of rotatable bonds is 2. The lowest BCUT2D eigenvalue weighted by Gasteiger charge is -2.40. The summed E-state index contributed by atoms with van der Waals surface area (Å²) in [7, 11) is 0. The SMILES string of the molecule is O=C(O)C1C2CC(C1c1ccccc1)C1C3C=CC(C3)C21. The number of allylic oxidation sites excluding steroid dienone is 2. The molecule has 3 fully saturated rings. The Balaban J connectivity index is 1.60. The van der Waals surface area contributed by atoms with Crippen LogP contribution in [0.15, 0.2) is 42.5 Å². The maximum atomic E-state index is 12.0. The molecule has 1 aromatic rings. The summed E-state index contributed by atoms with van der Waals surface area (Å²) < 4.78 is 0. The molecule has 1 aromatic carbocycles. The zero-order valence-electron chi connectivity index (χ0n) is 11.9. The van der Waals surface area contributed by atoms with Gasteiger partial charge in [0.2, 0.25) is 0 Å². The molecule has 1 N–H and O–H groups in total. The van der Waals surface area contributed by atoms with Gasteiger partial charge in [-0.15, -0.1) is 0 Å². The molecule has 4 aliphatic rings. The van der Waals surface area contributed by atoms with Gasteiger partial charge in [0.25, 0.3) is 0 Å². The zero-order chi connectivity index (χ0) is 14.1. The summed E-state index contributed by atoms with van der Waals surface area (Å²) in [4.78, 5) is 12.0. The maximum Gasteiger partial charge on any atom is 0.307 e. The Labute approximate surface area is 124 Å². The van der Waals surface area contributed by atoms with Crippen molar-refractivity contribution in [3.63, 3.8) is 0 Å². The van der Waals surface area contributed by atoms with Crippen molar-refractivity contribution in [1.82, 2.24) is 0 Å². The first-order chi connectivity index (χ1) is 10.3. The highest BCUT2D eigenvalue weighted by molar-refractivity contribution is 5.73. The molecule has 0 amide bonds. The van der Waals surface area contributed by atoms with E-state index in [4.69, 9.17) is 0 Å². The van der Waals surface area contributed by atoms with Crippen LogP contribution >= 0.6 is 0 Å². The van der Waals surface area contributed by atoms with E-state index in [0.717, 1.165) is 18.3 Å². The Morgan fingerprint density at radius 2 is 1.62 bits per heavy atom. The van der Waals surface area contributed by atoms with E-state index in [0.29, 0.717) is 23.7 Å². The molecule has 2 nitrogen and oxygen atoms in total. The number of carboxylic acids is 1. The molecule has 108 valence electrons. The van der Waals surface area contributed by atoms with Crippen LogP contribution in [0.5, 0.6) is 0 Å². The van der Waals surface area contributed by atoms with E-state index in [1.54, 1.807) is 0 Å². The number of carbonyl (C=O) groups is 1. The zero-order valence-corrected chi connectivity index (χ0v) is 11.9. The van der Waals surface area contributed by atoms with Gasteiger partial charge in [0, 0.05) is 5.92 Å². The molecule has 0 spiro atoms. The Morgan fingerprint density at radius 3 is 2.29 bits per heavy atom. The van der Waals surface area contributed by atoms with Crippen molar-refractivity contribution in [2.45, 2.75) is 18.8 Å². The lowest BCUT2D eigenvalue weighted by Crippen LogP contribution is -2.39. The Bertz CT molecular complexity index is 620. The molecule has 5 rings (SSSR count). The highest BCUT2D eigenvalue weighted by Crippen LogP contribution is 2.70. The minimum atomic E-state index is -0.568. The van der Waals surface area contributed by atoms with Gasteiger partial charge < -0.3 is 5.11 Å². The van der Waals surface area contributed by atoms with Crippen LogP contribution < -0.4 is 0 Å². The summed E-state index contributed by atoms with van der Waals surface area (Å²) >= 11 is 0. The first kappa shape index (κ1) is 12.0. The minimum Gasteiger partial charge on any atom is -0.481 e. The van der Waals surface area contributed by atoms with Crippen LogP contribution in [-0.2, 0) is 4.79 Å². The number of carboxylic acid groups (broad SMARTS) is 1. The molecule has 4 bridgehead atoms. The second-order valence-corrected chi connectivity index (χ2v) is 7.47. The van der Waals surface area contributed by atoms with Gasteiger partial charge in [-0.3, -0.25) is 4.79 Å². The van der Waals surface area contributed by atoms with Crippen LogP contribution in [0.1, 0.15) is 24.3 Å². The van der Waals surface area contributed by atoms with E-state index in [-0.39, 0.29) is 11.8 Å².